The number of ether oxygens (including phenoxy) is 2. The van der Waals surface area contributed by atoms with Crippen LogP contribution in [0.2, 0.25) is 0 Å². The molecule has 29 heavy (non-hydrogen) atoms. The molecule has 8 heteroatoms. The average molecular weight is 413 g/mol. The molecule has 0 radical (unpaired) electrons. The molecular formula is C21H23N3O4S. The zero-order chi connectivity index (χ0) is 20.5. The van der Waals surface area contributed by atoms with Crippen molar-refractivity contribution in [2.75, 3.05) is 14.2 Å². The Balaban J connectivity index is 1.73. The Bertz CT molecular complexity index is 949. The molecule has 1 aromatic carbocycles. The third-order valence-corrected chi connectivity index (χ3v) is 5.99. The Labute approximate surface area is 173 Å². The molecule has 1 atom stereocenters. The summed E-state index contributed by atoms with van der Waals surface area (Å²) in [6.07, 6.45) is 2.31. The summed E-state index contributed by atoms with van der Waals surface area (Å²) in [7, 11) is 2.97. The molecule has 4 rings (SSSR count). The van der Waals surface area contributed by atoms with Gasteiger partial charge in [-0.25, -0.2) is 9.79 Å². The molecule has 0 unspecified atom stereocenters. The molecule has 0 spiro atoms. The number of rotatable bonds is 6. The predicted molar refractivity (Wildman–Crippen MR) is 111 cm³/mol. The second-order valence-electron chi connectivity index (χ2n) is 7.18. The van der Waals surface area contributed by atoms with Crippen molar-refractivity contribution in [3.8, 4) is 5.75 Å². The highest BCUT2D eigenvalue weighted by Gasteiger charge is 2.41. The van der Waals surface area contributed by atoms with Crippen molar-refractivity contribution in [3.05, 3.63) is 52.2 Å². The van der Waals surface area contributed by atoms with Crippen molar-refractivity contribution in [3.63, 3.8) is 0 Å². The molecule has 152 valence electrons. The summed E-state index contributed by atoms with van der Waals surface area (Å²) in [6.45, 7) is 1.81. The fourth-order valence-corrected chi connectivity index (χ4v) is 4.50. The highest BCUT2D eigenvalue weighted by Crippen LogP contribution is 2.45. The van der Waals surface area contributed by atoms with Crippen molar-refractivity contribution in [2.24, 2.45) is 4.99 Å². The van der Waals surface area contributed by atoms with Crippen LogP contribution in [0.15, 0.2) is 51.6 Å². The molecule has 1 fully saturated rings. The van der Waals surface area contributed by atoms with E-state index >= 15 is 0 Å². The van der Waals surface area contributed by atoms with Gasteiger partial charge in [-0.2, -0.15) is 0 Å². The van der Waals surface area contributed by atoms with E-state index in [1.807, 2.05) is 41.5 Å². The number of fused-ring (bicyclic) bond motifs is 1. The third kappa shape index (κ3) is 3.89. The number of carbonyl (C=O) groups excluding carboxylic acids is 2. The maximum Gasteiger partial charge on any atom is 0.338 e. The second-order valence-corrected chi connectivity index (χ2v) is 8.02. The minimum Gasteiger partial charge on any atom is -0.497 e. The van der Waals surface area contributed by atoms with Crippen LogP contribution >= 0.6 is 11.8 Å². The fraction of sp³-hybridized carbons (Fsp3) is 0.381. The summed E-state index contributed by atoms with van der Waals surface area (Å²) in [5.41, 5.74) is 2.75. The quantitative estimate of drug-likeness (QED) is 0.722. The molecule has 1 aromatic rings. The van der Waals surface area contributed by atoms with Crippen LogP contribution in [0, 0.1) is 0 Å². The van der Waals surface area contributed by atoms with E-state index in [1.165, 1.54) is 18.9 Å². The molecule has 1 amide bonds. The lowest BCUT2D eigenvalue weighted by molar-refractivity contribution is -0.136. The minimum absolute atomic E-state index is 0.0177. The number of nitrogens with one attached hydrogen (secondary N) is 1. The van der Waals surface area contributed by atoms with E-state index in [2.05, 4.69) is 10.3 Å². The van der Waals surface area contributed by atoms with Gasteiger partial charge in [0.15, 0.2) is 5.17 Å². The summed E-state index contributed by atoms with van der Waals surface area (Å²) in [5, 5.41) is 5.71. The van der Waals surface area contributed by atoms with Gasteiger partial charge in [0.25, 0.3) is 0 Å². The first kappa shape index (κ1) is 19.6. The van der Waals surface area contributed by atoms with Crippen LogP contribution < -0.4 is 10.1 Å². The molecule has 0 bridgehead atoms. The molecule has 3 aliphatic rings. The first-order valence-corrected chi connectivity index (χ1v) is 10.4. The SMILES string of the molecule is COC(=O)C1=C(C)N=C2SC=C(CC(=O)NC3CC3)N2[C@H]1c1cccc(OC)c1. The highest BCUT2D eigenvalue weighted by molar-refractivity contribution is 8.16. The monoisotopic (exact) mass is 413 g/mol. The molecule has 1 saturated carbocycles. The largest absolute Gasteiger partial charge is 0.497 e. The van der Waals surface area contributed by atoms with E-state index in [-0.39, 0.29) is 12.3 Å². The Morgan fingerprint density at radius 1 is 1.31 bits per heavy atom. The number of benzene rings is 1. The smallest absolute Gasteiger partial charge is 0.338 e. The molecular weight excluding hydrogens is 390 g/mol. The van der Waals surface area contributed by atoms with Crippen LogP contribution in [0.1, 0.15) is 37.8 Å². The van der Waals surface area contributed by atoms with E-state index in [1.54, 1.807) is 7.11 Å². The van der Waals surface area contributed by atoms with Gasteiger partial charge >= 0.3 is 5.97 Å². The van der Waals surface area contributed by atoms with Crippen LogP contribution in [-0.4, -0.2) is 42.2 Å². The van der Waals surface area contributed by atoms with Crippen molar-refractivity contribution in [2.45, 2.75) is 38.3 Å². The first-order chi connectivity index (χ1) is 14.0. The first-order valence-electron chi connectivity index (χ1n) is 9.48. The van der Waals surface area contributed by atoms with Crippen molar-refractivity contribution < 1.29 is 19.1 Å². The molecule has 1 aliphatic carbocycles. The molecule has 7 nitrogen and oxygen atoms in total. The molecule has 2 aliphatic heterocycles. The van der Waals surface area contributed by atoms with Crippen LogP contribution in [0.25, 0.3) is 0 Å². The van der Waals surface area contributed by atoms with Gasteiger partial charge in [-0.3, -0.25) is 4.79 Å². The number of methoxy groups -OCH3 is 2. The van der Waals surface area contributed by atoms with Gasteiger partial charge < -0.3 is 19.7 Å². The number of nitrogens with zero attached hydrogens (tertiary/aromatic N) is 2. The number of allylic oxidation sites excluding steroid dienone is 1. The van der Waals surface area contributed by atoms with Crippen molar-refractivity contribution in [1.82, 2.24) is 10.2 Å². The number of amidine groups is 1. The van der Waals surface area contributed by atoms with Crippen LogP contribution in [0.5, 0.6) is 5.75 Å². The number of carbonyl (C=O) groups is 2. The number of hydrogen-bond acceptors (Lipinski definition) is 7. The Kier molecular flexibility index (Phi) is 5.36. The van der Waals surface area contributed by atoms with Crippen LogP contribution in [0.3, 0.4) is 0 Å². The Morgan fingerprint density at radius 3 is 2.79 bits per heavy atom. The topological polar surface area (TPSA) is 80.2 Å². The van der Waals surface area contributed by atoms with E-state index < -0.39 is 12.0 Å². The number of thioether (sulfide) groups is 1. The highest BCUT2D eigenvalue weighted by atomic mass is 32.2. The molecule has 2 heterocycles. The number of amides is 1. The lowest BCUT2D eigenvalue weighted by atomic mass is 9.93. The third-order valence-electron chi connectivity index (χ3n) is 5.10. The van der Waals surface area contributed by atoms with E-state index in [0.29, 0.717) is 23.1 Å². The van der Waals surface area contributed by atoms with Gasteiger partial charge in [-0.15, -0.1) is 0 Å². The van der Waals surface area contributed by atoms with E-state index in [4.69, 9.17) is 9.47 Å². The standard InChI is InChI=1S/C21H23N3O4S/c1-12-18(20(26)28-3)19(13-5-4-6-16(9-13)27-2)24-15(11-29-21(24)22-12)10-17(25)23-14-7-8-14/h4-6,9,11,14,19H,7-8,10H2,1-3H3,(H,23,25)/t19-/m0/s1. The summed E-state index contributed by atoms with van der Waals surface area (Å²) >= 11 is 1.46. The Morgan fingerprint density at radius 2 is 2.10 bits per heavy atom. The summed E-state index contributed by atoms with van der Waals surface area (Å²) in [4.78, 5) is 31.7. The Hall–Kier alpha value is -2.74. The summed E-state index contributed by atoms with van der Waals surface area (Å²) < 4.78 is 10.4. The second kappa shape index (κ2) is 7.94. The van der Waals surface area contributed by atoms with E-state index in [9.17, 15) is 9.59 Å². The maximum atomic E-state index is 12.7. The lowest BCUT2D eigenvalue weighted by Crippen LogP contribution is -2.38. The number of hydrogen-bond donors (Lipinski definition) is 1. The molecule has 1 N–H and O–H groups in total. The fourth-order valence-electron chi connectivity index (χ4n) is 3.54. The normalized spacial score (nSPS) is 20.7. The summed E-state index contributed by atoms with van der Waals surface area (Å²) in [6, 6.07) is 7.43. The predicted octanol–water partition coefficient (Wildman–Crippen LogP) is 3.11. The molecule has 0 aromatic heterocycles. The van der Waals surface area contributed by atoms with Crippen molar-refractivity contribution >= 4 is 28.8 Å². The van der Waals surface area contributed by atoms with Crippen LogP contribution in [0.4, 0.5) is 0 Å². The van der Waals surface area contributed by atoms with Gasteiger partial charge in [-0.05, 0) is 42.9 Å². The van der Waals surface area contributed by atoms with Crippen LogP contribution in [-0.2, 0) is 14.3 Å². The van der Waals surface area contributed by atoms with Crippen molar-refractivity contribution in [1.29, 1.82) is 0 Å². The summed E-state index contributed by atoms with van der Waals surface area (Å²) in [5.74, 6) is 0.241. The lowest BCUT2D eigenvalue weighted by Gasteiger charge is -2.36. The van der Waals surface area contributed by atoms with Gasteiger partial charge in [0.2, 0.25) is 5.91 Å². The molecule has 0 saturated heterocycles. The van der Waals surface area contributed by atoms with Gasteiger partial charge in [-0.1, -0.05) is 23.9 Å². The number of esters is 1. The zero-order valence-corrected chi connectivity index (χ0v) is 17.4. The van der Waals surface area contributed by atoms with Gasteiger partial charge in [0, 0.05) is 11.7 Å². The minimum atomic E-state index is -0.444. The zero-order valence-electron chi connectivity index (χ0n) is 16.6. The maximum absolute atomic E-state index is 12.7. The number of aliphatic imine (C=N–C) groups is 1. The average Bonchev–Trinajstić information content (AvgIpc) is 3.45. The van der Waals surface area contributed by atoms with Gasteiger partial charge in [0.05, 0.1) is 38.0 Å². The van der Waals surface area contributed by atoms with E-state index in [0.717, 1.165) is 29.3 Å². The van der Waals surface area contributed by atoms with Gasteiger partial charge in [0.1, 0.15) is 5.75 Å².